The summed E-state index contributed by atoms with van der Waals surface area (Å²) in [5.41, 5.74) is 13.6. The number of fused-ring (bicyclic) bond motifs is 9. The van der Waals surface area contributed by atoms with Crippen LogP contribution in [0.4, 0.5) is 5.69 Å². The number of hydrogen-bond acceptors (Lipinski definition) is 4. The summed E-state index contributed by atoms with van der Waals surface area (Å²) in [4.78, 5) is 24.3. The molecule has 11 aromatic rings. The Hall–Kier alpha value is -8.33. The molecular formula is C58H37N5. The second-order valence-electron chi connectivity index (χ2n) is 16.9. The highest BCUT2D eigenvalue weighted by molar-refractivity contribution is 6.24. The molecule has 1 aliphatic carbocycles. The molecule has 12 rings (SSSR count). The summed E-state index contributed by atoms with van der Waals surface area (Å²) in [5.74, 6) is 1.89. The van der Waals surface area contributed by atoms with E-state index in [1.807, 2.05) is 54.7 Å². The molecule has 1 aliphatic rings. The van der Waals surface area contributed by atoms with Crippen molar-refractivity contribution in [1.82, 2.24) is 19.9 Å². The third-order valence-electron chi connectivity index (χ3n) is 13.0. The van der Waals surface area contributed by atoms with Crippen LogP contribution in [-0.4, -0.2) is 19.9 Å². The van der Waals surface area contributed by atoms with Crippen molar-refractivity contribution in [1.29, 1.82) is 0 Å². The van der Waals surface area contributed by atoms with Crippen LogP contribution in [0.2, 0.25) is 0 Å². The molecule has 294 valence electrons. The molecule has 63 heavy (non-hydrogen) atoms. The first kappa shape index (κ1) is 36.5. The molecule has 0 aliphatic heterocycles. The fraction of sp³-hybridized carbons (Fsp3) is 0.0517. The molecule has 5 heteroatoms. The third kappa shape index (κ3) is 5.76. The fourth-order valence-corrected chi connectivity index (χ4v) is 9.91. The van der Waals surface area contributed by atoms with Gasteiger partial charge in [-0.25, -0.2) is 19.8 Å². The van der Waals surface area contributed by atoms with Gasteiger partial charge in [-0.05, 0) is 102 Å². The van der Waals surface area contributed by atoms with Crippen LogP contribution >= 0.6 is 0 Å². The molecular weight excluding hydrogens is 767 g/mol. The van der Waals surface area contributed by atoms with Gasteiger partial charge >= 0.3 is 0 Å². The van der Waals surface area contributed by atoms with E-state index in [4.69, 9.17) is 26.5 Å². The monoisotopic (exact) mass is 803 g/mol. The predicted octanol–water partition coefficient (Wildman–Crippen LogP) is 15.1. The lowest BCUT2D eigenvalue weighted by Crippen LogP contribution is -2.15. The maximum atomic E-state index is 7.83. The van der Waals surface area contributed by atoms with Crippen molar-refractivity contribution in [3.8, 4) is 67.5 Å². The molecule has 0 bridgehead atoms. The van der Waals surface area contributed by atoms with Gasteiger partial charge in [0.1, 0.15) is 0 Å². The Balaban J connectivity index is 1.03. The Morgan fingerprint density at radius 2 is 0.952 bits per heavy atom. The average Bonchev–Trinajstić information content (AvgIpc) is 3.58. The highest BCUT2D eigenvalue weighted by Gasteiger charge is 2.35. The van der Waals surface area contributed by atoms with E-state index in [2.05, 4.69) is 152 Å². The Kier molecular flexibility index (Phi) is 8.19. The largest absolute Gasteiger partial charge is 0.256 e. The summed E-state index contributed by atoms with van der Waals surface area (Å²) >= 11 is 0. The highest BCUT2D eigenvalue weighted by Crippen LogP contribution is 2.50. The molecule has 0 spiro atoms. The predicted molar refractivity (Wildman–Crippen MR) is 259 cm³/mol. The quantitative estimate of drug-likeness (QED) is 0.128. The standard InChI is InChI=1S/C58H37N5/c1-58(2)51-25-12-11-22-43(51)44-27-26-38(32-52(44)58)57-62-55(35-15-5-4-6-16-35)61-56(63-57)37-18-13-17-36(31-37)47-33-49-46-24-14-30-60-54(46)50(34-48(49)41-21-8-7-20-40(41)47)42-28-29-53(59-3)45-23-10-9-19-39(42)45/h4-34H,1-2H3. The first-order valence-corrected chi connectivity index (χ1v) is 21.2. The number of nitrogens with zero attached hydrogens (tertiary/aromatic N) is 5. The minimum Gasteiger partial charge on any atom is -0.256 e. The molecule has 0 saturated carbocycles. The van der Waals surface area contributed by atoms with Crippen LogP contribution < -0.4 is 0 Å². The van der Waals surface area contributed by atoms with Crippen molar-refractivity contribution in [3.63, 3.8) is 0 Å². The number of hydrogen-bond donors (Lipinski definition) is 0. The Morgan fingerprint density at radius 3 is 1.75 bits per heavy atom. The lowest BCUT2D eigenvalue weighted by Gasteiger charge is -2.21. The molecule has 0 fully saturated rings. The van der Waals surface area contributed by atoms with Gasteiger partial charge in [-0.15, -0.1) is 0 Å². The Bertz CT molecular complexity index is 3730. The van der Waals surface area contributed by atoms with Crippen LogP contribution in [0.5, 0.6) is 0 Å². The molecule has 0 amide bonds. The van der Waals surface area contributed by atoms with Crippen LogP contribution in [0.1, 0.15) is 25.0 Å². The summed E-state index contributed by atoms with van der Waals surface area (Å²) in [6, 6.07) is 63.8. The van der Waals surface area contributed by atoms with E-state index in [1.54, 1.807) is 0 Å². The second-order valence-corrected chi connectivity index (χ2v) is 16.9. The maximum Gasteiger partial charge on any atom is 0.194 e. The van der Waals surface area contributed by atoms with Crippen molar-refractivity contribution in [2.45, 2.75) is 19.3 Å². The minimum absolute atomic E-state index is 0.154. The van der Waals surface area contributed by atoms with Gasteiger partial charge in [-0.1, -0.05) is 166 Å². The van der Waals surface area contributed by atoms with E-state index >= 15 is 0 Å². The average molecular weight is 804 g/mol. The molecule has 0 N–H and O–H groups in total. The zero-order chi connectivity index (χ0) is 42.2. The topological polar surface area (TPSA) is 55.9 Å². The normalized spacial score (nSPS) is 12.7. The maximum absolute atomic E-state index is 7.83. The molecule has 2 aromatic heterocycles. The van der Waals surface area contributed by atoms with E-state index < -0.39 is 0 Å². The summed E-state index contributed by atoms with van der Waals surface area (Å²) in [7, 11) is 0. The molecule has 0 atom stereocenters. The molecule has 9 aromatic carbocycles. The third-order valence-corrected chi connectivity index (χ3v) is 13.0. The van der Waals surface area contributed by atoms with Crippen LogP contribution in [0.25, 0.3) is 116 Å². The molecule has 0 unspecified atom stereocenters. The molecule has 2 heterocycles. The first-order valence-electron chi connectivity index (χ1n) is 21.2. The van der Waals surface area contributed by atoms with E-state index in [0.717, 1.165) is 82.2 Å². The highest BCUT2D eigenvalue weighted by atomic mass is 15.0. The van der Waals surface area contributed by atoms with E-state index in [0.29, 0.717) is 23.2 Å². The van der Waals surface area contributed by atoms with Crippen molar-refractivity contribution in [2.24, 2.45) is 0 Å². The number of rotatable bonds is 5. The van der Waals surface area contributed by atoms with Crippen LogP contribution in [0.3, 0.4) is 0 Å². The van der Waals surface area contributed by atoms with E-state index in [1.165, 1.54) is 22.3 Å². The Morgan fingerprint density at radius 1 is 0.381 bits per heavy atom. The van der Waals surface area contributed by atoms with Crippen molar-refractivity contribution in [2.75, 3.05) is 0 Å². The van der Waals surface area contributed by atoms with Gasteiger partial charge in [0.15, 0.2) is 23.2 Å². The lowest BCUT2D eigenvalue weighted by molar-refractivity contribution is 0.660. The number of benzene rings is 9. The van der Waals surface area contributed by atoms with E-state index in [9.17, 15) is 0 Å². The smallest absolute Gasteiger partial charge is 0.194 e. The number of pyridine rings is 1. The van der Waals surface area contributed by atoms with Crippen LogP contribution in [0, 0.1) is 6.57 Å². The van der Waals surface area contributed by atoms with Crippen molar-refractivity contribution >= 4 is 48.9 Å². The zero-order valence-electron chi connectivity index (χ0n) is 34.6. The summed E-state index contributed by atoms with van der Waals surface area (Å²) < 4.78 is 0. The SMILES string of the molecule is [C-]#[N+]c1ccc(-c2cc3c4ccccc4c(-c4cccc(-c5nc(-c6ccccc6)nc(-c6ccc7c(c6)C(C)(C)c6ccccc6-7)n5)c4)cc3c3cccnc23)c2ccccc12. The summed E-state index contributed by atoms with van der Waals surface area (Å²) in [6.45, 7) is 12.4. The van der Waals surface area contributed by atoms with Gasteiger partial charge in [-0.3, -0.25) is 4.98 Å². The Labute approximate surface area is 364 Å². The lowest BCUT2D eigenvalue weighted by atomic mass is 9.82. The van der Waals surface area contributed by atoms with E-state index in [-0.39, 0.29) is 5.41 Å². The summed E-state index contributed by atoms with van der Waals surface area (Å²) in [5, 5.41) is 7.62. The molecule has 0 radical (unpaired) electrons. The van der Waals surface area contributed by atoms with Crippen LogP contribution in [0.15, 0.2) is 188 Å². The number of aromatic nitrogens is 4. The second kappa shape index (κ2) is 14.1. The van der Waals surface area contributed by atoms with Gasteiger partial charge in [0.25, 0.3) is 0 Å². The van der Waals surface area contributed by atoms with Gasteiger partial charge < -0.3 is 0 Å². The van der Waals surface area contributed by atoms with Crippen molar-refractivity contribution in [3.05, 3.63) is 211 Å². The van der Waals surface area contributed by atoms with Gasteiger partial charge in [0.05, 0.1) is 12.1 Å². The summed E-state index contributed by atoms with van der Waals surface area (Å²) in [6.07, 6.45) is 1.87. The minimum atomic E-state index is -0.154. The van der Waals surface area contributed by atoms with Crippen molar-refractivity contribution < 1.29 is 0 Å². The molecule has 5 nitrogen and oxygen atoms in total. The van der Waals surface area contributed by atoms with Gasteiger partial charge in [0.2, 0.25) is 0 Å². The van der Waals surface area contributed by atoms with Crippen LogP contribution in [-0.2, 0) is 5.41 Å². The fourth-order valence-electron chi connectivity index (χ4n) is 9.91. The zero-order valence-corrected chi connectivity index (χ0v) is 34.6. The van der Waals surface area contributed by atoms with Gasteiger partial charge in [0, 0.05) is 39.3 Å². The molecule has 0 saturated heterocycles. The first-order chi connectivity index (χ1) is 30.9. The van der Waals surface area contributed by atoms with Gasteiger partial charge in [-0.2, -0.15) is 0 Å².